The molecule has 3 N–H and O–H groups in total. The first-order chi connectivity index (χ1) is 10.7. The van der Waals surface area contributed by atoms with Crippen LogP contribution < -0.4 is 16.0 Å². The van der Waals surface area contributed by atoms with E-state index in [9.17, 15) is 4.79 Å². The van der Waals surface area contributed by atoms with Gasteiger partial charge in [0.15, 0.2) is 0 Å². The van der Waals surface area contributed by atoms with Gasteiger partial charge in [-0.15, -0.1) is 0 Å². The highest BCUT2D eigenvalue weighted by molar-refractivity contribution is 5.92. The molecule has 7 heteroatoms. The molecule has 0 unspecified atom stereocenters. The number of hydrogen-bond donors (Lipinski definition) is 3. The van der Waals surface area contributed by atoms with Crippen molar-refractivity contribution < 1.29 is 4.79 Å². The summed E-state index contributed by atoms with van der Waals surface area (Å²) < 4.78 is 0. The predicted octanol–water partition coefficient (Wildman–Crippen LogP) is 1.45. The minimum Gasteiger partial charge on any atom is -0.370 e. The summed E-state index contributed by atoms with van der Waals surface area (Å²) in [5.41, 5.74) is 1.29. The largest absolute Gasteiger partial charge is 0.370 e. The van der Waals surface area contributed by atoms with Crippen molar-refractivity contribution in [3.8, 4) is 0 Å². The van der Waals surface area contributed by atoms with Gasteiger partial charge in [-0.3, -0.25) is 9.78 Å². The van der Waals surface area contributed by atoms with Gasteiger partial charge in [-0.25, -0.2) is 4.98 Å². The van der Waals surface area contributed by atoms with E-state index in [-0.39, 0.29) is 5.91 Å². The SMILES string of the molecule is CCNc1cc(C)nc(NCCNC(=O)c2ccccn2)n1. The maximum absolute atomic E-state index is 11.8. The predicted molar refractivity (Wildman–Crippen MR) is 86.0 cm³/mol. The van der Waals surface area contributed by atoms with Gasteiger partial charge in [0, 0.05) is 37.6 Å². The summed E-state index contributed by atoms with van der Waals surface area (Å²) >= 11 is 0. The molecule has 0 atom stereocenters. The number of nitrogens with zero attached hydrogens (tertiary/aromatic N) is 3. The van der Waals surface area contributed by atoms with Crippen LogP contribution in [0.1, 0.15) is 23.1 Å². The fourth-order valence-corrected chi connectivity index (χ4v) is 1.86. The smallest absolute Gasteiger partial charge is 0.269 e. The zero-order valence-corrected chi connectivity index (χ0v) is 12.8. The first-order valence-electron chi connectivity index (χ1n) is 7.21. The first kappa shape index (κ1) is 15.7. The lowest BCUT2D eigenvalue weighted by Crippen LogP contribution is -2.29. The topological polar surface area (TPSA) is 91.8 Å². The van der Waals surface area contributed by atoms with Crippen LogP contribution >= 0.6 is 0 Å². The Morgan fingerprint density at radius 2 is 2.05 bits per heavy atom. The second kappa shape index (κ2) is 7.92. The number of pyridine rings is 1. The molecule has 0 spiro atoms. The summed E-state index contributed by atoms with van der Waals surface area (Å²) in [6, 6.07) is 7.12. The summed E-state index contributed by atoms with van der Waals surface area (Å²) in [5.74, 6) is 1.14. The molecule has 0 radical (unpaired) electrons. The molecule has 2 aromatic rings. The lowest BCUT2D eigenvalue weighted by Gasteiger charge is -2.09. The van der Waals surface area contributed by atoms with Crippen molar-refractivity contribution in [1.29, 1.82) is 0 Å². The maximum Gasteiger partial charge on any atom is 0.269 e. The average molecular weight is 300 g/mol. The zero-order chi connectivity index (χ0) is 15.8. The molecular formula is C15H20N6O. The fraction of sp³-hybridized carbons (Fsp3) is 0.333. The van der Waals surface area contributed by atoms with Crippen LogP contribution in [0.2, 0.25) is 0 Å². The Balaban J connectivity index is 1.80. The summed E-state index contributed by atoms with van der Waals surface area (Å²) in [4.78, 5) is 24.4. The summed E-state index contributed by atoms with van der Waals surface area (Å²) in [6.45, 7) is 5.72. The van der Waals surface area contributed by atoms with E-state index in [4.69, 9.17) is 0 Å². The van der Waals surface area contributed by atoms with Gasteiger partial charge in [0.05, 0.1) is 0 Å². The minimum absolute atomic E-state index is 0.194. The number of aryl methyl sites for hydroxylation is 1. The number of amides is 1. The van der Waals surface area contributed by atoms with E-state index < -0.39 is 0 Å². The molecule has 1 amide bonds. The summed E-state index contributed by atoms with van der Waals surface area (Å²) in [5, 5.41) is 9.03. The van der Waals surface area contributed by atoms with E-state index in [0.717, 1.165) is 18.1 Å². The Morgan fingerprint density at radius 1 is 1.18 bits per heavy atom. The van der Waals surface area contributed by atoms with E-state index in [1.807, 2.05) is 19.9 Å². The van der Waals surface area contributed by atoms with E-state index in [0.29, 0.717) is 24.7 Å². The highest BCUT2D eigenvalue weighted by atomic mass is 16.1. The van der Waals surface area contributed by atoms with Crippen LogP contribution in [-0.4, -0.2) is 40.5 Å². The highest BCUT2D eigenvalue weighted by Crippen LogP contribution is 2.08. The van der Waals surface area contributed by atoms with Crippen molar-refractivity contribution in [3.05, 3.63) is 41.9 Å². The van der Waals surface area contributed by atoms with E-state index in [1.165, 1.54) is 0 Å². The quantitative estimate of drug-likeness (QED) is 0.670. The van der Waals surface area contributed by atoms with E-state index >= 15 is 0 Å². The van der Waals surface area contributed by atoms with Crippen molar-refractivity contribution in [1.82, 2.24) is 20.3 Å². The standard InChI is InChI=1S/C15H20N6O/c1-3-16-13-10-11(2)20-15(21-13)19-9-8-18-14(22)12-6-4-5-7-17-12/h4-7,10H,3,8-9H2,1-2H3,(H,18,22)(H2,16,19,20,21). The molecule has 0 fully saturated rings. The second-order valence-corrected chi connectivity index (χ2v) is 4.65. The van der Waals surface area contributed by atoms with E-state index in [1.54, 1.807) is 24.4 Å². The number of rotatable bonds is 7. The number of carbonyl (C=O) groups excluding carboxylic acids is 1. The monoisotopic (exact) mass is 300 g/mol. The summed E-state index contributed by atoms with van der Waals surface area (Å²) in [6.07, 6.45) is 1.59. The van der Waals surface area contributed by atoms with Gasteiger partial charge in [0.2, 0.25) is 5.95 Å². The molecule has 2 heterocycles. The van der Waals surface area contributed by atoms with Gasteiger partial charge in [-0.1, -0.05) is 6.07 Å². The van der Waals surface area contributed by atoms with Crippen molar-refractivity contribution in [2.75, 3.05) is 30.3 Å². The normalized spacial score (nSPS) is 10.1. The fourth-order valence-electron chi connectivity index (χ4n) is 1.86. The van der Waals surface area contributed by atoms with Gasteiger partial charge in [0.25, 0.3) is 5.91 Å². The number of hydrogen-bond acceptors (Lipinski definition) is 6. The van der Waals surface area contributed by atoms with Crippen LogP contribution in [0.25, 0.3) is 0 Å². The third-order valence-electron chi connectivity index (χ3n) is 2.80. The molecule has 0 bridgehead atoms. The molecule has 0 aliphatic carbocycles. The Bertz CT molecular complexity index is 617. The third-order valence-corrected chi connectivity index (χ3v) is 2.80. The average Bonchev–Trinajstić information content (AvgIpc) is 2.52. The van der Waals surface area contributed by atoms with Crippen LogP contribution in [0.15, 0.2) is 30.5 Å². The number of anilines is 2. The number of aromatic nitrogens is 3. The Hall–Kier alpha value is -2.70. The van der Waals surface area contributed by atoms with Crippen LogP contribution in [0, 0.1) is 6.92 Å². The van der Waals surface area contributed by atoms with Crippen molar-refractivity contribution in [2.45, 2.75) is 13.8 Å². The Kier molecular flexibility index (Phi) is 5.65. The summed E-state index contributed by atoms with van der Waals surface area (Å²) in [7, 11) is 0. The highest BCUT2D eigenvalue weighted by Gasteiger charge is 2.05. The van der Waals surface area contributed by atoms with Crippen molar-refractivity contribution in [2.24, 2.45) is 0 Å². The van der Waals surface area contributed by atoms with Crippen LogP contribution in [-0.2, 0) is 0 Å². The van der Waals surface area contributed by atoms with Crippen molar-refractivity contribution >= 4 is 17.7 Å². The molecule has 0 saturated carbocycles. The van der Waals surface area contributed by atoms with Gasteiger partial charge in [-0.05, 0) is 26.0 Å². The zero-order valence-electron chi connectivity index (χ0n) is 12.8. The molecule has 22 heavy (non-hydrogen) atoms. The molecule has 0 saturated heterocycles. The molecule has 7 nitrogen and oxygen atoms in total. The molecule has 2 rings (SSSR count). The molecule has 0 aliphatic rings. The van der Waals surface area contributed by atoms with Gasteiger partial charge >= 0.3 is 0 Å². The molecule has 116 valence electrons. The van der Waals surface area contributed by atoms with Gasteiger partial charge in [-0.2, -0.15) is 4.98 Å². The van der Waals surface area contributed by atoms with Gasteiger partial charge in [0.1, 0.15) is 11.5 Å². The molecule has 0 aromatic carbocycles. The number of nitrogens with one attached hydrogen (secondary N) is 3. The minimum atomic E-state index is -0.194. The Labute approximate surface area is 129 Å². The maximum atomic E-state index is 11.8. The number of carbonyl (C=O) groups is 1. The van der Waals surface area contributed by atoms with Crippen LogP contribution in [0.4, 0.5) is 11.8 Å². The third kappa shape index (κ3) is 4.69. The lowest BCUT2D eigenvalue weighted by atomic mass is 10.3. The molecular weight excluding hydrogens is 280 g/mol. The Morgan fingerprint density at radius 3 is 2.77 bits per heavy atom. The van der Waals surface area contributed by atoms with E-state index in [2.05, 4.69) is 30.9 Å². The second-order valence-electron chi connectivity index (χ2n) is 4.65. The first-order valence-corrected chi connectivity index (χ1v) is 7.21. The molecule has 2 aromatic heterocycles. The van der Waals surface area contributed by atoms with Crippen LogP contribution in [0.3, 0.4) is 0 Å². The van der Waals surface area contributed by atoms with Crippen LogP contribution in [0.5, 0.6) is 0 Å². The van der Waals surface area contributed by atoms with Crippen molar-refractivity contribution in [3.63, 3.8) is 0 Å². The molecule has 0 aliphatic heterocycles. The van der Waals surface area contributed by atoms with Gasteiger partial charge < -0.3 is 16.0 Å². The lowest BCUT2D eigenvalue weighted by molar-refractivity contribution is 0.0950.